The highest BCUT2D eigenvalue weighted by Crippen LogP contribution is 2.23. The lowest BCUT2D eigenvalue weighted by Gasteiger charge is -2.13. The van der Waals surface area contributed by atoms with Crippen LogP contribution in [0, 0.1) is 0 Å². The molecule has 0 saturated carbocycles. The van der Waals surface area contributed by atoms with E-state index in [0.717, 1.165) is 5.56 Å². The fourth-order valence-electron chi connectivity index (χ4n) is 2.81. The topological polar surface area (TPSA) is 55.5 Å². The second kappa shape index (κ2) is 7.83. The molecule has 1 atom stereocenters. The van der Waals surface area contributed by atoms with Crippen LogP contribution in [-0.2, 0) is 6.54 Å². The third-order valence-electron chi connectivity index (χ3n) is 4.09. The number of nitrogens with two attached hydrogens (primary N) is 1. The summed E-state index contributed by atoms with van der Waals surface area (Å²) < 4.78 is 5.82. The van der Waals surface area contributed by atoms with Crippen molar-refractivity contribution in [1.29, 1.82) is 0 Å². The molecule has 2 heterocycles. The largest absolute Gasteiger partial charge is 0.415 e. The van der Waals surface area contributed by atoms with Crippen LogP contribution in [0.4, 0.5) is 0 Å². The molecule has 4 rings (SSSR count). The molecule has 0 bridgehead atoms. The molecule has 0 radical (unpaired) electrons. The Labute approximate surface area is 160 Å². The predicted octanol–water partition coefficient (Wildman–Crippen LogP) is 4.30. The van der Waals surface area contributed by atoms with Gasteiger partial charge in [0.25, 0.3) is 5.89 Å². The van der Waals surface area contributed by atoms with Gasteiger partial charge in [0, 0.05) is 16.1 Å². The van der Waals surface area contributed by atoms with Gasteiger partial charge in [0.1, 0.15) is 6.04 Å². The third-order valence-corrected chi connectivity index (χ3v) is 5.30. The van der Waals surface area contributed by atoms with Gasteiger partial charge >= 0.3 is 0 Å². The summed E-state index contributed by atoms with van der Waals surface area (Å²) in [5, 5.41) is 13.3. The number of thiophene rings is 1. The van der Waals surface area contributed by atoms with Crippen LogP contribution in [0.2, 0.25) is 5.02 Å². The molecule has 2 aromatic heterocycles. The number of hydrogen-bond donors (Lipinski definition) is 1. The van der Waals surface area contributed by atoms with Crippen molar-refractivity contribution in [3.8, 4) is 11.5 Å². The van der Waals surface area contributed by atoms with Crippen LogP contribution in [0.1, 0.15) is 22.4 Å². The second-order valence-corrected chi connectivity index (χ2v) is 7.27. The summed E-state index contributed by atoms with van der Waals surface area (Å²) in [6.07, 6.45) is 0. The molecule has 26 heavy (non-hydrogen) atoms. The average molecular weight is 383 g/mol. The maximum absolute atomic E-state index is 5.93. The molecule has 0 unspecified atom stereocenters. The molecular formula is C20H17ClN3OS+. The summed E-state index contributed by atoms with van der Waals surface area (Å²) >= 11 is 7.68. The van der Waals surface area contributed by atoms with Crippen LogP contribution in [0.5, 0.6) is 0 Å². The average Bonchev–Trinajstić information content (AvgIpc) is 3.36. The minimum absolute atomic E-state index is 0.210. The van der Waals surface area contributed by atoms with E-state index in [9.17, 15) is 0 Å². The summed E-state index contributed by atoms with van der Waals surface area (Å²) in [7, 11) is 0. The van der Waals surface area contributed by atoms with Gasteiger partial charge in [-0.15, -0.1) is 21.5 Å². The standard InChI is InChI=1S/C20H16ClN3OS/c21-16-10-8-15(9-11-16)20-24-23-18(25-20)13-22-19(17-7-4-12-26-17)14-5-2-1-3-6-14/h1-12,19,22H,13H2/p+1/t19-/m1/s1. The van der Waals surface area contributed by atoms with Crippen LogP contribution < -0.4 is 5.32 Å². The zero-order valence-electron chi connectivity index (χ0n) is 13.9. The third kappa shape index (κ3) is 3.85. The minimum atomic E-state index is 0.210. The first-order valence-electron chi connectivity index (χ1n) is 8.29. The Balaban J connectivity index is 1.51. The van der Waals surface area contributed by atoms with Crippen molar-refractivity contribution in [3.05, 3.63) is 93.5 Å². The quantitative estimate of drug-likeness (QED) is 0.540. The van der Waals surface area contributed by atoms with Crippen molar-refractivity contribution >= 4 is 22.9 Å². The molecule has 6 heteroatoms. The molecule has 0 aliphatic carbocycles. The van der Waals surface area contributed by atoms with E-state index in [2.05, 4.69) is 57.3 Å². The Hall–Kier alpha value is -2.47. The number of hydrogen-bond acceptors (Lipinski definition) is 4. The highest BCUT2D eigenvalue weighted by Gasteiger charge is 2.20. The lowest BCUT2D eigenvalue weighted by molar-refractivity contribution is -0.703. The van der Waals surface area contributed by atoms with Crippen molar-refractivity contribution in [3.63, 3.8) is 0 Å². The Morgan fingerprint density at radius 3 is 2.50 bits per heavy atom. The van der Waals surface area contributed by atoms with Crippen molar-refractivity contribution in [2.45, 2.75) is 12.6 Å². The van der Waals surface area contributed by atoms with Crippen molar-refractivity contribution in [1.82, 2.24) is 10.2 Å². The molecule has 130 valence electrons. The molecule has 0 spiro atoms. The van der Waals surface area contributed by atoms with E-state index in [-0.39, 0.29) is 6.04 Å². The SMILES string of the molecule is Clc1ccc(-c2nnc(C[NH2+][C@H](c3ccccc3)c3cccs3)o2)cc1. The normalized spacial score (nSPS) is 12.2. The van der Waals surface area contributed by atoms with Gasteiger partial charge in [0.2, 0.25) is 5.89 Å². The van der Waals surface area contributed by atoms with E-state index in [4.69, 9.17) is 16.0 Å². The first kappa shape index (κ1) is 17.0. The molecule has 4 nitrogen and oxygen atoms in total. The van der Waals surface area contributed by atoms with Gasteiger partial charge in [0.15, 0.2) is 6.54 Å². The van der Waals surface area contributed by atoms with Crippen LogP contribution in [0.25, 0.3) is 11.5 Å². The predicted molar refractivity (Wildman–Crippen MR) is 103 cm³/mol. The Kier molecular flexibility index (Phi) is 5.11. The molecular weight excluding hydrogens is 366 g/mol. The smallest absolute Gasteiger partial charge is 0.271 e. The lowest BCUT2D eigenvalue weighted by atomic mass is 10.1. The first-order chi connectivity index (χ1) is 12.8. The Morgan fingerprint density at radius 1 is 0.962 bits per heavy atom. The first-order valence-corrected chi connectivity index (χ1v) is 9.55. The fraction of sp³-hybridized carbons (Fsp3) is 0.100. The van der Waals surface area contributed by atoms with E-state index in [0.29, 0.717) is 23.3 Å². The van der Waals surface area contributed by atoms with E-state index in [1.807, 2.05) is 30.3 Å². The summed E-state index contributed by atoms with van der Waals surface area (Å²) in [6.45, 7) is 0.609. The molecule has 4 aromatic rings. The van der Waals surface area contributed by atoms with Crippen molar-refractivity contribution < 1.29 is 9.73 Å². The van der Waals surface area contributed by atoms with Crippen molar-refractivity contribution in [2.75, 3.05) is 0 Å². The van der Waals surface area contributed by atoms with Gasteiger partial charge in [-0.2, -0.15) is 0 Å². The molecule has 0 fully saturated rings. The number of quaternary nitrogens is 1. The van der Waals surface area contributed by atoms with E-state index in [1.165, 1.54) is 10.4 Å². The van der Waals surface area contributed by atoms with Gasteiger partial charge in [-0.3, -0.25) is 0 Å². The minimum Gasteiger partial charge on any atom is -0.415 e. The van der Waals surface area contributed by atoms with Crippen LogP contribution >= 0.6 is 22.9 Å². The van der Waals surface area contributed by atoms with E-state index >= 15 is 0 Å². The lowest BCUT2D eigenvalue weighted by Crippen LogP contribution is -2.83. The monoisotopic (exact) mass is 382 g/mol. The highest BCUT2D eigenvalue weighted by atomic mass is 35.5. The van der Waals surface area contributed by atoms with E-state index < -0.39 is 0 Å². The van der Waals surface area contributed by atoms with Gasteiger partial charge < -0.3 is 9.73 Å². The molecule has 2 N–H and O–H groups in total. The summed E-state index contributed by atoms with van der Waals surface area (Å²) in [5.41, 5.74) is 2.12. The fourth-order valence-corrected chi connectivity index (χ4v) is 3.79. The molecule has 0 saturated heterocycles. The van der Waals surface area contributed by atoms with Crippen LogP contribution in [-0.4, -0.2) is 10.2 Å². The number of halogens is 1. The summed E-state index contributed by atoms with van der Waals surface area (Å²) in [5.74, 6) is 1.12. The zero-order chi connectivity index (χ0) is 17.8. The number of aromatic nitrogens is 2. The summed E-state index contributed by atoms with van der Waals surface area (Å²) in [4.78, 5) is 1.30. The van der Waals surface area contributed by atoms with Crippen LogP contribution in [0.15, 0.2) is 76.5 Å². The molecule has 0 amide bonds. The Bertz CT molecular complexity index is 952. The summed E-state index contributed by atoms with van der Waals surface area (Å²) in [6, 6.07) is 22.3. The van der Waals surface area contributed by atoms with Gasteiger partial charge in [0.05, 0.1) is 4.88 Å². The van der Waals surface area contributed by atoms with Gasteiger partial charge in [-0.25, -0.2) is 0 Å². The molecule has 2 aromatic carbocycles. The van der Waals surface area contributed by atoms with E-state index in [1.54, 1.807) is 11.3 Å². The van der Waals surface area contributed by atoms with Gasteiger partial charge in [-0.05, 0) is 35.7 Å². The maximum Gasteiger partial charge on any atom is 0.271 e. The second-order valence-electron chi connectivity index (χ2n) is 5.85. The zero-order valence-corrected chi connectivity index (χ0v) is 15.5. The maximum atomic E-state index is 5.93. The molecule has 0 aliphatic heterocycles. The van der Waals surface area contributed by atoms with Crippen molar-refractivity contribution in [2.24, 2.45) is 0 Å². The Morgan fingerprint density at radius 2 is 1.77 bits per heavy atom. The molecule has 0 aliphatic rings. The number of benzene rings is 2. The van der Waals surface area contributed by atoms with Crippen LogP contribution in [0.3, 0.4) is 0 Å². The number of rotatable bonds is 6. The highest BCUT2D eigenvalue weighted by molar-refractivity contribution is 7.10. The van der Waals surface area contributed by atoms with Gasteiger partial charge in [-0.1, -0.05) is 48.0 Å². The number of nitrogens with zero attached hydrogens (tertiary/aromatic N) is 2.